The van der Waals surface area contributed by atoms with Crippen LogP contribution in [-0.4, -0.2) is 68.7 Å². The number of rotatable bonds is 5. The summed E-state index contributed by atoms with van der Waals surface area (Å²) in [5.41, 5.74) is 0.436. The molecule has 0 radical (unpaired) electrons. The van der Waals surface area contributed by atoms with E-state index in [0.717, 1.165) is 11.3 Å². The molecule has 160 valence electrons. The van der Waals surface area contributed by atoms with Gasteiger partial charge in [-0.25, -0.2) is 13.2 Å². The number of hydrogen-bond donors (Lipinski definition) is 1. The molecule has 1 aromatic heterocycles. The second kappa shape index (κ2) is 8.94. The summed E-state index contributed by atoms with van der Waals surface area (Å²) in [6.45, 7) is 2.48. The summed E-state index contributed by atoms with van der Waals surface area (Å²) in [4.78, 5) is 37.7. The Morgan fingerprint density at radius 1 is 1.10 bits per heavy atom. The zero-order valence-corrected chi connectivity index (χ0v) is 18.1. The molecule has 0 bridgehead atoms. The molecule has 2 amide bonds. The molecule has 0 aliphatic carbocycles. The Hall–Kier alpha value is -2.76. The van der Waals surface area contributed by atoms with Gasteiger partial charge in [0.2, 0.25) is 15.9 Å². The third kappa shape index (κ3) is 4.53. The van der Waals surface area contributed by atoms with Crippen LogP contribution in [0.1, 0.15) is 27.0 Å². The lowest BCUT2D eigenvalue weighted by molar-refractivity contribution is -0.129. The maximum Gasteiger partial charge on any atom is 0.350 e. The number of nitrogens with one attached hydrogen (secondary N) is 1. The number of carbonyl (C=O) groups is 3. The summed E-state index contributed by atoms with van der Waals surface area (Å²) >= 11 is 1.13. The second-order valence-electron chi connectivity index (χ2n) is 6.55. The number of amides is 2. The Morgan fingerprint density at radius 2 is 1.80 bits per heavy atom. The van der Waals surface area contributed by atoms with E-state index in [9.17, 15) is 22.8 Å². The molecule has 2 heterocycles. The van der Waals surface area contributed by atoms with E-state index in [1.807, 2.05) is 0 Å². The van der Waals surface area contributed by atoms with Crippen molar-refractivity contribution in [1.29, 1.82) is 0 Å². The van der Waals surface area contributed by atoms with Crippen molar-refractivity contribution < 1.29 is 27.5 Å². The molecule has 9 nitrogen and oxygen atoms in total. The van der Waals surface area contributed by atoms with Crippen molar-refractivity contribution in [3.05, 3.63) is 46.2 Å². The van der Waals surface area contributed by atoms with E-state index >= 15 is 0 Å². The second-order valence-corrected chi connectivity index (χ2v) is 9.40. The Balaban J connectivity index is 1.77. The maximum absolute atomic E-state index is 13.0. The number of sulfonamides is 1. The summed E-state index contributed by atoms with van der Waals surface area (Å²) in [7, 11) is -2.56. The van der Waals surface area contributed by atoms with Gasteiger partial charge in [-0.3, -0.25) is 9.59 Å². The normalized spacial score (nSPS) is 14.9. The molecular formula is C19H21N3O6S2. The largest absolute Gasteiger partial charge is 0.465 e. The summed E-state index contributed by atoms with van der Waals surface area (Å²) in [5.74, 6) is -1.20. The minimum absolute atomic E-state index is 0.00932. The first-order valence-electron chi connectivity index (χ1n) is 9.07. The van der Waals surface area contributed by atoms with E-state index in [1.54, 1.807) is 16.3 Å². The van der Waals surface area contributed by atoms with Crippen molar-refractivity contribution in [1.82, 2.24) is 9.21 Å². The highest BCUT2D eigenvalue weighted by molar-refractivity contribution is 7.89. The predicted octanol–water partition coefficient (Wildman–Crippen LogP) is 1.64. The first-order valence-corrected chi connectivity index (χ1v) is 11.4. The van der Waals surface area contributed by atoms with Crippen molar-refractivity contribution in [2.24, 2.45) is 0 Å². The van der Waals surface area contributed by atoms with Crippen LogP contribution in [-0.2, 0) is 19.6 Å². The highest BCUT2D eigenvalue weighted by Gasteiger charge is 2.29. The molecule has 1 aliphatic rings. The zero-order valence-electron chi connectivity index (χ0n) is 16.5. The van der Waals surface area contributed by atoms with Gasteiger partial charge in [-0.05, 0) is 29.6 Å². The van der Waals surface area contributed by atoms with Crippen LogP contribution in [0, 0.1) is 0 Å². The molecule has 2 aromatic rings. The molecule has 0 unspecified atom stereocenters. The van der Waals surface area contributed by atoms with Gasteiger partial charge < -0.3 is 15.0 Å². The fourth-order valence-corrected chi connectivity index (χ4v) is 5.28. The molecule has 1 aromatic carbocycles. The van der Waals surface area contributed by atoms with Crippen LogP contribution in [0.15, 0.2) is 40.6 Å². The Kier molecular flexibility index (Phi) is 6.54. The molecular weight excluding hydrogens is 430 g/mol. The molecule has 0 saturated carbocycles. The lowest BCUT2D eigenvalue weighted by atomic mass is 10.2. The summed E-state index contributed by atoms with van der Waals surface area (Å²) in [5, 5.41) is 4.26. The summed E-state index contributed by atoms with van der Waals surface area (Å²) in [6.07, 6.45) is 0. The third-order valence-electron chi connectivity index (χ3n) is 4.70. The summed E-state index contributed by atoms with van der Waals surface area (Å²) < 4.78 is 31.9. The standard InChI is InChI=1S/C19H21N3O6S2/c1-13(23)21-7-9-22(10-8-21)30(26,27)15-5-3-4-14(12-15)18(24)20-16-6-11-29-17(16)19(25)28-2/h3-6,11-12H,7-10H2,1-2H3,(H,20,24). The highest BCUT2D eigenvalue weighted by Crippen LogP contribution is 2.24. The van der Waals surface area contributed by atoms with Crippen LogP contribution in [0.25, 0.3) is 0 Å². The van der Waals surface area contributed by atoms with Crippen LogP contribution in [0.4, 0.5) is 5.69 Å². The lowest BCUT2D eigenvalue weighted by Crippen LogP contribution is -2.49. The van der Waals surface area contributed by atoms with E-state index in [0.29, 0.717) is 18.8 Å². The number of anilines is 1. The van der Waals surface area contributed by atoms with Crippen LogP contribution in [0.3, 0.4) is 0 Å². The van der Waals surface area contributed by atoms with Crippen LogP contribution in [0.2, 0.25) is 0 Å². The quantitative estimate of drug-likeness (QED) is 0.692. The van der Waals surface area contributed by atoms with Crippen molar-refractivity contribution in [3.8, 4) is 0 Å². The molecule has 0 spiro atoms. The fraction of sp³-hybridized carbons (Fsp3) is 0.316. The van der Waals surface area contributed by atoms with E-state index in [4.69, 9.17) is 0 Å². The topological polar surface area (TPSA) is 113 Å². The van der Waals surface area contributed by atoms with Gasteiger partial charge in [0.25, 0.3) is 5.91 Å². The Bertz CT molecular complexity index is 1070. The number of nitrogens with zero attached hydrogens (tertiary/aromatic N) is 2. The minimum atomic E-state index is -3.81. The molecule has 0 atom stereocenters. The number of esters is 1. The zero-order chi connectivity index (χ0) is 21.9. The van der Waals surface area contributed by atoms with Crippen LogP contribution in [0.5, 0.6) is 0 Å². The number of piperazine rings is 1. The minimum Gasteiger partial charge on any atom is -0.465 e. The Labute approximate surface area is 178 Å². The van der Waals surface area contributed by atoms with Crippen LogP contribution < -0.4 is 5.32 Å². The van der Waals surface area contributed by atoms with Gasteiger partial charge in [0.1, 0.15) is 4.88 Å². The molecule has 1 fully saturated rings. The third-order valence-corrected chi connectivity index (χ3v) is 7.49. The van der Waals surface area contributed by atoms with E-state index in [2.05, 4.69) is 10.1 Å². The molecule has 11 heteroatoms. The number of hydrogen-bond acceptors (Lipinski definition) is 7. The van der Waals surface area contributed by atoms with Gasteiger partial charge in [-0.2, -0.15) is 4.31 Å². The first kappa shape index (κ1) is 21.9. The molecule has 1 aliphatic heterocycles. The average molecular weight is 452 g/mol. The first-order chi connectivity index (χ1) is 14.2. The summed E-state index contributed by atoms with van der Waals surface area (Å²) in [6, 6.07) is 7.28. The van der Waals surface area contributed by atoms with Crippen molar-refractivity contribution in [3.63, 3.8) is 0 Å². The molecule has 3 rings (SSSR count). The number of benzene rings is 1. The fourth-order valence-electron chi connectivity index (χ4n) is 3.04. The number of ether oxygens (including phenoxy) is 1. The van der Waals surface area contributed by atoms with Gasteiger partial charge in [0.15, 0.2) is 0 Å². The monoisotopic (exact) mass is 451 g/mol. The number of methoxy groups -OCH3 is 1. The van der Waals surface area contributed by atoms with Crippen molar-refractivity contribution in [2.45, 2.75) is 11.8 Å². The van der Waals surface area contributed by atoms with Gasteiger partial charge in [-0.1, -0.05) is 6.07 Å². The van der Waals surface area contributed by atoms with E-state index < -0.39 is 21.9 Å². The molecule has 1 saturated heterocycles. The lowest BCUT2D eigenvalue weighted by Gasteiger charge is -2.33. The average Bonchev–Trinajstić information content (AvgIpc) is 3.21. The van der Waals surface area contributed by atoms with Gasteiger partial charge in [0, 0.05) is 38.7 Å². The molecule has 30 heavy (non-hydrogen) atoms. The van der Waals surface area contributed by atoms with E-state index in [1.165, 1.54) is 42.6 Å². The smallest absolute Gasteiger partial charge is 0.350 e. The van der Waals surface area contributed by atoms with Crippen molar-refractivity contribution in [2.75, 3.05) is 38.6 Å². The van der Waals surface area contributed by atoms with Gasteiger partial charge in [-0.15, -0.1) is 11.3 Å². The Morgan fingerprint density at radius 3 is 2.43 bits per heavy atom. The predicted molar refractivity (Wildman–Crippen MR) is 111 cm³/mol. The van der Waals surface area contributed by atoms with E-state index in [-0.39, 0.29) is 34.3 Å². The number of carbonyl (C=O) groups excluding carboxylic acids is 3. The van der Waals surface area contributed by atoms with Gasteiger partial charge in [0.05, 0.1) is 17.7 Å². The number of thiophene rings is 1. The maximum atomic E-state index is 13.0. The van der Waals surface area contributed by atoms with Crippen LogP contribution >= 0.6 is 11.3 Å². The SMILES string of the molecule is COC(=O)c1sccc1NC(=O)c1cccc(S(=O)(=O)N2CCN(C(C)=O)CC2)c1. The molecule has 1 N–H and O–H groups in total. The van der Waals surface area contributed by atoms with Crippen molar-refractivity contribution >= 4 is 44.8 Å². The van der Waals surface area contributed by atoms with Gasteiger partial charge >= 0.3 is 5.97 Å². The highest BCUT2D eigenvalue weighted by atomic mass is 32.2.